The van der Waals surface area contributed by atoms with Gasteiger partial charge in [-0.3, -0.25) is 4.90 Å². The Morgan fingerprint density at radius 1 is 1.35 bits per heavy atom. The monoisotopic (exact) mass is 236 g/mol. The van der Waals surface area contributed by atoms with E-state index in [1.807, 2.05) is 12.1 Å². The van der Waals surface area contributed by atoms with Gasteiger partial charge in [0.05, 0.1) is 7.11 Å². The molecule has 1 aromatic rings. The van der Waals surface area contributed by atoms with Crippen molar-refractivity contribution in [2.24, 2.45) is 11.7 Å². The summed E-state index contributed by atoms with van der Waals surface area (Å²) >= 11 is 0. The highest BCUT2D eigenvalue weighted by molar-refractivity contribution is 5.28. The molecule has 0 aliphatic heterocycles. The second kappa shape index (κ2) is 6.62. The van der Waals surface area contributed by atoms with Gasteiger partial charge in [0.25, 0.3) is 0 Å². The van der Waals surface area contributed by atoms with Gasteiger partial charge < -0.3 is 10.5 Å². The number of hydrogen-bond donors (Lipinski definition) is 1. The van der Waals surface area contributed by atoms with Crippen molar-refractivity contribution >= 4 is 0 Å². The fraction of sp³-hybridized carbons (Fsp3) is 0.571. The van der Waals surface area contributed by atoms with Gasteiger partial charge in [0.15, 0.2) is 0 Å². The van der Waals surface area contributed by atoms with E-state index in [0.29, 0.717) is 18.5 Å². The van der Waals surface area contributed by atoms with Gasteiger partial charge in [-0.25, -0.2) is 0 Å². The van der Waals surface area contributed by atoms with Crippen molar-refractivity contribution in [2.45, 2.75) is 26.4 Å². The Bertz CT molecular complexity index is 339. The minimum atomic E-state index is 0.418. The number of methoxy groups -OCH3 is 1. The molecule has 0 aromatic heterocycles. The minimum Gasteiger partial charge on any atom is -0.497 e. The van der Waals surface area contributed by atoms with E-state index in [1.54, 1.807) is 7.11 Å². The molecular formula is C14H24N2O. The summed E-state index contributed by atoms with van der Waals surface area (Å²) in [5, 5.41) is 0. The first-order valence-electron chi connectivity index (χ1n) is 6.11. The average molecular weight is 236 g/mol. The Morgan fingerprint density at radius 3 is 2.59 bits per heavy atom. The van der Waals surface area contributed by atoms with Crippen molar-refractivity contribution in [3.63, 3.8) is 0 Å². The van der Waals surface area contributed by atoms with Crippen LogP contribution in [0.1, 0.15) is 19.4 Å². The largest absolute Gasteiger partial charge is 0.497 e. The van der Waals surface area contributed by atoms with E-state index in [1.165, 1.54) is 5.56 Å². The van der Waals surface area contributed by atoms with E-state index in [4.69, 9.17) is 10.5 Å². The van der Waals surface area contributed by atoms with Crippen molar-refractivity contribution < 1.29 is 4.74 Å². The summed E-state index contributed by atoms with van der Waals surface area (Å²) in [7, 11) is 3.82. The van der Waals surface area contributed by atoms with Crippen molar-refractivity contribution in [3.05, 3.63) is 29.8 Å². The molecule has 0 radical (unpaired) electrons. The summed E-state index contributed by atoms with van der Waals surface area (Å²) in [4.78, 5) is 2.31. The first-order valence-corrected chi connectivity index (χ1v) is 6.11. The highest BCUT2D eigenvalue weighted by Gasteiger charge is 2.16. The molecule has 2 N–H and O–H groups in total. The summed E-state index contributed by atoms with van der Waals surface area (Å²) in [6.45, 7) is 6.01. The number of hydrogen-bond acceptors (Lipinski definition) is 3. The molecule has 3 heteroatoms. The molecule has 0 spiro atoms. The van der Waals surface area contributed by atoms with Gasteiger partial charge in [0.1, 0.15) is 5.75 Å². The molecule has 96 valence electrons. The van der Waals surface area contributed by atoms with Crippen LogP contribution in [0.5, 0.6) is 5.75 Å². The summed E-state index contributed by atoms with van der Waals surface area (Å²) in [6, 6.07) is 8.60. The van der Waals surface area contributed by atoms with Crippen LogP contribution in [0.3, 0.4) is 0 Å². The maximum absolute atomic E-state index is 5.82. The van der Waals surface area contributed by atoms with Crippen LogP contribution in [0.25, 0.3) is 0 Å². The SMILES string of the molecule is COc1cccc(CN(C)C(CN)C(C)C)c1. The van der Waals surface area contributed by atoms with Crippen molar-refractivity contribution in [2.75, 3.05) is 20.7 Å². The van der Waals surface area contributed by atoms with Gasteiger partial charge >= 0.3 is 0 Å². The highest BCUT2D eigenvalue weighted by atomic mass is 16.5. The lowest BCUT2D eigenvalue weighted by Crippen LogP contribution is -2.41. The van der Waals surface area contributed by atoms with Crippen LogP contribution in [0, 0.1) is 5.92 Å². The molecule has 0 fully saturated rings. The van der Waals surface area contributed by atoms with Gasteiger partial charge in [0.2, 0.25) is 0 Å². The fourth-order valence-corrected chi connectivity index (χ4v) is 2.14. The highest BCUT2D eigenvalue weighted by Crippen LogP contribution is 2.16. The molecule has 1 rings (SSSR count). The van der Waals surface area contributed by atoms with E-state index >= 15 is 0 Å². The van der Waals surface area contributed by atoms with Crippen molar-refractivity contribution in [3.8, 4) is 5.75 Å². The third-order valence-electron chi connectivity index (χ3n) is 3.14. The second-order valence-corrected chi connectivity index (χ2v) is 4.81. The Hall–Kier alpha value is -1.06. The van der Waals surface area contributed by atoms with Crippen LogP contribution < -0.4 is 10.5 Å². The molecule has 1 unspecified atom stereocenters. The molecule has 0 amide bonds. The standard InChI is InChI=1S/C14H24N2O/c1-11(2)14(9-15)16(3)10-12-6-5-7-13(8-12)17-4/h5-8,11,14H,9-10,15H2,1-4H3. The molecule has 0 heterocycles. The lowest BCUT2D eigenvalue weighted by atomic mass is 10.0. The zero-order valence-corrected chi connectivity index (χ0v) is 11.3. The van der Waals surface area contributed by atoms with Crippen LogP contribution in [-0.2, 0) is 6.54 Å². The summed E-state index contributed by atoms with van der Waals surface area (Å²) in [5.74, 6) is 1.47. The minimum absolute atomic E-state index is 0.418. The number of likely N-dealkylation sites (N-methyl/N-ethyl adjacent to an activating group) is 1. The molecule has 1 atom stereocenters. The molecule has 1 aromatic carbocycles. The topological polar surface area (TPSA) is 38.5 Å². The maximum Gasteiger partial charge on any atom is 0.119 e. The molecule has 17 heavy (non-hydrogen) atoms. The van der Waals surface area contributed by atoms with Crippen LogP contribution in [0.4, 0.5) is 0 Å². The normalized spacial score (nSPS) is 13.1. The van der Waals surface area contributed by atoms with E-state index in [2.05, 4.69) is 37.9 Å². The number of nitrogens with two attached hydrogens (primary N) is 1. The third-order valence-corrected chi connectivity index (χ3v) is 3.14. The van der Waals surface area contributed by atoms with Crippen molar-refractivity contribution in [1.82, 2.24) is 4.90 Å². The second-order valence-electron chi connectivity index (χ2n) is 4.81. The first kappa shape index (κ1) is 14.0. The van der Waals surface area contributed by atoms with E-state index < -0.39 is 0 Å². The van der Waals surface area contributed by atoms with Gasteiger partial charge in [0, 0.05) is 19.1 Å². The molecule has 3 nitrogen and oxygen atoms in total. The number of rotatable bonds is 6. The fourth-order valence-electron chi connectivity index (χ4n) is 2.14. The predicted molar refractivity (Wildman–Crippen MR) is 72.1 cm³/mol. The predicted octanol–water partition coefficient (Wildman–Crippen LogP) is 2.11. The number of benzene rings is 1. The average Bonchev–Trinajstić information content (AvgIpc) is 2.29. The van der Waals surface area contributed by atoms with Crippen molar-refractivity contribution in [1.29, 1.82) is 0 Å². The van der Waals surface area contributed by atoms with Crippen LogP contribution >= 0.6 is 0 Å². The zero-order chi connectivity index (χ0) is 12.8. The van der Waals surface area contributed by atoms with Crippen LogP contribution in [-0.4, -0.2) is 31.6 Å². The third kappa shape index (κ3) is 4.02. The summed E-state index contributed by atoms with van der Waals surface area (Å²) < 4.78 is 5.23. The molecule has 0 saturated heterocycles. The maximum atomic E-state index is 5.82. The zero-order valence-electron chi connectivity index (χ0n) is 11.3. The smallest absolute Gasteiger partial charge is 0.119 e. The lowest BCUT2D eigenvalue weighted by molar-refractivity contribution is 0.190. The van der Waals surface area contributed by atoms with E-state index in [9.17, 15) is 0 Å². The Labute approximate surface area is 105 Å². The first-order chi connectivity index (χ1) is 8.08. The Kier molecular flexibility index (Phi) is 5.45. The molecule has 0 saturated carbocycles. The van der Waals surface area contributed by atoms with E-state index in [-0.39, 0.29) is 0 Å². The van der Waals surface area contributed by atoms with Gasteiger partial charge in [-0.2, -0.15) is 0 Å². The van der Waals surface area contributed by atoms with Gasteiger partial charge in [-0.1, -0.05) is 26.0 Å². The molecule has 0 aliphatic rings. The number of nitrogens with zero attached hydrogens (tertiary/aromatic N) is 1. The molecular weight excluding hydrogens is 212 g/mol. The quantitative estimate of drug-likeness (QED) is 0.822. The van der Waals surface area contributed by atoms with Crippen LogP contribution in [0.15, 0.2) is 24.3 Å². The number of ether oxygens (including phenoxy) is 1. The lowest BCUT2D eigenvalue weighted by Gasteiger charge is -2.30. The Morgan fingerprint density at radius 2 is 2.06 bits per heavy atom. The summed E-state index contributed by atoms with van der Waals surface area (Å²) in [6.07, 6.45) is 0. The summed E-state index contributed by atoms with van der Waals surface area (Å²) in [5.41, 5.74) is 7.07. The van der Waals surface area contributed by atoms with Gasteiger partial charge in [-0.15, -0.1) is 0 Å². The molecule has 0 bridgehead atoms. The van der Waals surface area contributed by atoms with Gasteiger partial charge in [-0.05, 0) is 30.7 Å². The van der Waals surface area contributed by atoms with E-state index in [0.717, 1.165) is 12.3 Å². The van der Waals surface area contributed by atoms with Crippen LogP contribution in [0.2, 0.25) is 0 Å². The Balaban J connectivity index is 2.69. The molecule has 0 aliphatic carbocycles.